The Hall–Kier alpha value is -3.23. The number of hydrogen-bond acceptors (Lipinski definition) is 5. The molecule has 0 spiro atoms. The van der Waals surface area contributed by atoms with Gasteiger partial charge in [0.2, 0.25) is 0 Å². The van der Waals surface area contributed by atoms with Crippen molar-refractivity contribution in [2.24, 2.45) is 0 Å². The number of thiazole rings is 1. The smallest absolute Gasteiger partial charge is 0.271 e. The van der Waals surface area contributed by atoms with Crippen molar-refractivity contribution in [3.63, 3.8) is 0 Å². The highest BCUT2D eigenvalue weighted by molar-refractivity contribution is 7.15. The van der Waals surface area contributed by atoms with Crippen LogP contribution in [0, 0.1) is 5.82 Å². The predicted molar refractivity (Wildman–Crippen MR) is 111 cm³/mol. The van der Waals surface area contributed by atoms with Crippen molar-refractivity contribution in [2.45, 2.75) is 0 Å². The Kier molecular flexibility index (Phi) is 5.04. The third-order valence-corrected chi connectivity index (χ3v) is 5.36. The minimum Gasteiger partial charge on any atom is -0.497 e. The molecule has 4 rings (SSSR count). The molecular formula is C20H13ClFN3O3S. The topological polar surface area (TPSA) is 72.7 Å². The number of ether oxygens (including phenoxy) is 1. The number of fused-ring (bicyclic) bond motifs is 1. The van der Waals surface area contributed by atoms with Gasteiger partial charge in [0.15, 0.2) is 4.96 Å². The lowest BCUT2D eigenvalue weighted by Gasteiger charge is -2.07. The summed E-state index contributed by atoms with van der Waals surface area (Å²) in [5, 5.41) is 4.20. The summed E-state index contributed by atoms with van der Waals surface area (Å²) in [7, 11) is 1.56. The van der Waals surface area contributed by atoms with Crippen LogP contribution < -0.4 is 15.6 Å². The van der Waals surface area contributed by atoms with E-state index in [0.29, 0.717) is 16.4 Å². The summed E-state index contributed by atoms with van der Waals surface area (Å²) in [5.41, 5.74) is 0.956. The van der Waals surface area contributed by atoms with Crippen LogP contribution in [0.25, 0.3) is 16.2 Å². The van der Waals surface area contributed by atoms with Crippen LogP contribution in [0.15, 0.2) is 58.8 Å². The van der Waals surface area contributed by atoms with Gasteiger partial charge in [-0.2, -0.15) is 0 Å². The summed E-state index contributed by atoms with van der Waals surface area (Å²) in [4.78, 5) is 30.4. The van der Waals surface area contributed by atoms with Gasteiger partial charge in [0.05, 0.1) is 17.8 Å². The zero-order valence-corrected chi connectivity index (χ0v) is 16.6. The van der Waals surface area contributed by atoms with Gasteiger partial charge in [-0.1, -0.05) is 23.7 Å². The molecule has 146 valence electrons. The second-order valence-electron chi connectivity index (χ2n) is 6.03. The molecule has 4 aromatic rings. The second-order valence-corrected chi connectivity index (χ2v) is 7.27. The van der Waals surface area contributed by atoms with Crippen molar-refractivity contribution < 1.29 is 13.9 Å². The average molecular weight is 430 g/mol. The lowest BCUT2D eigenvalue weighted by Crippen LogP contribution is -2.26. The molecule has 9 heteroatoms. The molecule has 0 bridgehead atoms. The van der Waals surface area contributed by atoms with E-state index in [2.05, 4.69) is 10.3 Å². The highest BCUT2D eigenvalue weighted by Gasteiger charge is 2.18. The third-order valence-electron chi connectivity index (χ3n) is 4.23. The first-order valence-corrected chi connectivity index (χ1v) is 9.64. The zero-order chi connectivity index (χ0) is 20.5. The van der Waals surface area contributed by atoms with Gasteiger partial charge in [0.25, 0.3) is 11.5 Å². The molecule has 0 aliphatic heterocycles. The van der Waals surface area contributed by atoms with E-state index in [1.807, 2.05) is 12.1 Å². The molecule has 2 aromatic heterocycles. The van der Waals surface area contributed by atoms with E-state index in [-0.39, 0.29) is 16.3 Å². The SMILES string of the molecule is COc1cccc(-c2csc3ncc(C(=O)Nc4ccc(F)c(Cl)c4)c(=O)n23)c1. The van der Waals surface area contributed by atoms with Crippen LogP contribution in [-0.2, 0) is 0 Å². The molecule has 0 aliphatic carbocycles. The Morgan fingerprint density at radius 2 is 2.10 bits per heavy atom. The van der Waals surface area contributed by atoms with E-state index < -0.39 is 17.3 Å². The summed E-state index contributed by atoms with van der Waals surface area (Å²) in [6.45, 7) is 0. The van der Waals surface area contributed by atoms with E-state index in [4.69, 9.17) is 16.3 Å². The lowest BCUT2D eigenvalue weighted by atomic mass is 10.1. The molecule has 1 N–H and O–H groups in total. The highest BCUT2D eigenvalue weighted by atomic mass is 35.5. The fourth-order valence-electron chi connectivity index (χ4n) is 2.80. The summed E-state index contributed by atoms with van der Waals surface area (Å²) in [6, 6.07) is 11.0. The number of rotatable bonds is 4. The average Bonchev–Trinajstić information content (AvgIpc) is 3.16. The number of nitrogens with zero attached hydrogens (tertiary/aromatic N) is 2. The van der Waals surface area contributed by atoms with Crippen molar-refractivity contribution >= 4 is 39.5 Å². The maximum absolute atomic E-state index is 13.3. The van der Waals surface area contributed by atoms with Gasteiger partial charge >= 0.3 is 0 Å². The molecule has 6 nitrogen and oxygen atoms in total. The number of amides is 1. The largest absolute Gasteiger partial charge is 0.497 e. The van der Waals surface area contributed by atoms with Crippen LogP contribution in [0.2, 0.25) is 5.02 Å². The molecule has 0 unspecified atom stereocenters. The second kappa shape index (κ2) is 7.65. The van der Waals surface area contributed by atoms with Crippen LogP contribution in [0.1, 0.15) is 10.4 Å². The number of carbonyl (C=O) groups is 1. The van der Waals surface area contributed by atoms with Gasteiger partial charge in [0, 0.05) is 22.8 Å². The van der Waals surface area contributed by atoms with Gasteiger partial charge in [-0.05, 0) is 30.3 Å². The van der Waals surface area contributed by atoms with Crippen LogP contribution in [0.3, 0.4) is 0 Å². The maximum Gasteiger partial charge on any atom is 0.271 e. The third kappa shape index (κ3) is 3.59. The summed E-state index contributed by atoms with van der Waals surface area (Å²) in [5.74, 6) is -0.624. The number of benzene rings is 2. The molecule has 0 radical (unpaired) electrons. The fourth-order valence-corrected chi connectivity index (χ4v) is 3.84. The molecule has 29 heavy (non-hydrogen) atoms. The summed E-state index contributed by atoms with van der Waals surface area (Å²) < 4.78 is 19.9. The van der Waals surface area contributed by atoms with Crippen LogP contribution >= 0.6 is 22.9 Å². The minimum atomic E-state index is -0.664. The first-order chi connectivity index (χ1) is 14.0. The van der Waals surface area contributed by atoms with E-state index >= 15 is 0 Å². The van der Waals surface area contributed by atoms with Crippen molar-refractivity contribution in [3.8, 4) is 17.0 Å². The normalized spacial score (nSPS) is 10.9. The molecule has 1 amide bonds. The van der Waals surface area contributed by atoms with Crippen LogP contribution in [0.4, 0.5) is 10.1 Å². The Labute approximate surface area is 173 Å². The Balaban J connectivity index is 1.76. The number of nitrogens with one attached hydrogen (secondary N) is 1. The standard InChI is InChI=1S/C20H13ClFN3O3S/c1-28-13-4-2-3-11(7-13)17-10-29-20-23-9-14(19(27)25(17)20)18(26)24-12-5-6-16(22)15(21)8-12/h2-10H,1H3,(H,24,26). The van der Waals surface area contributed by atoms with Gasteiger partial charge in [-0.15, -0.1) is 11.3 Å². The summed E-state index contributed by atoms with van der Waals surface area (Å²) in [6.07, 6.45) is 1.23. The number of anilines is 1. The number of halogens is 2. The number of hydrogen-bond donors (Lipinski definition) is 1. The van der Waals surface area contributed by atoms with E-state index in [1.54, 1.807) is 24.6 Å². The van der Waals surface area contributed by atoms with Gasteiger partial charge < -0.3 is 10.1 Å². The predicted octanol–water partition coefficient (Wildman–Crippen LogP) is 4.48. The van der Waals surface area contributed by atoms with Crippen molar-refractivity contribution in [1.29, 1.82) is 0 Å². The quantitative estimate of drug-likeness (QED) is 0.519. The number of aromatic nitrogens is 2. The molecule has 0 saturated heterocycles. The fraction of sp³-hybridized carbons (Fsp3) is 0.0500. The van der Waals surface area contributed by atoms with Gasteiger partial charge in [0.1, 0.15) is 17.1 Å². The Bertz CT molecular complexity index is 1300. The first-order valence-electron chi connectivity index (χ1n) is 8.38. The molecule has 2 aromatic carbocycles. The van der Waals surface area contributed by atoms with Crippen molar-refractivity contribution in [2.75, 3.05) is 12.4 Å². The molecule has 0 atom stereocenters. The Morgan fingerprint density at radius 1 is 1.28 bits per heavy atom. The monoisotopic (exact) mass is 429 g/mol. The molecule has 2 heterocycles. The molecular weight excluding hydrogens is 417 g/mol. The van der Waals surface area contributed by atoms with E-state index in [0.717, 1.165) is 11.6 Å². The van der Waals surface area contributed by atoms with E-state index in [1.165, 1.54) is 34.1 Å². The summed E-state index contributed by atoms with van der Waals surface area (Å²) >= 11 is 7.02. The molecule has 0 aliphatic rings. The van der Waals surface area contributed by atoms with Crippen molar-refractivity contribution in [1.82, 2.24) is 9.38 Å². The first kappa shape index (κ1) is 19.1. The zero-order valence-electron chi connectivity index (χ0n) is 15.0. The van der Waals surface area contributed by atoms with Crippen LogP contribution in [-0.4, -0.2) is 22.4 Å². The molecule has 0 fully saturated rings. The van der Waals surface area contributed by atoms with Gasteiger partial charge in [-0.25, -0.2) is 9.37 Å². The highest BCUT2D eigenvalue weighted by Crippen LogP contribution is 2.27. The van der Waals surface area contributed by atoms with Crippen molar-refractivity contribution in [3.05, 3.63) is 80.8 Å². The number of methoxy groups -OCH3 is 1. The molecule has 0 saturated carbocycles. The number of carbonyl (C=O) groups excluding carboxylic acids is 1. The minimum absolute atomic E-state index is 0.133. The lowest BCUT2D eigenvalue weighted by molar-refractivity contribution is 0.102. The maximum atomic E-state index is 13.3. The van der Waals surface area contributed by atoms with Crippen LogP contribution in [0.5, 0.6) is 5.75 Å². The van der Waals surface area contributed by atoms with E-state index in [9.17, 15) is 14.0 Å². The Morgan fingerprint density at radius 3 is 2.86 bits per heavy atom. The van der Waals surface area contributed by atoms with Gasteiger partial charge in [-0.3, -0.25) is 14.0 Å².